The van der Waals surface area contributed by atoms with Gasteiger partial charge in [-0.25, -0.2) is 0 Å². The molecule has 0 saturated carbocycles. The molecule has 0 unspecified atom stereocenters. The molecule has 0 bridgehead atoms. The maximum atomic E-state index is 11.5. The molecule has 0 saturated heterocycles. The number of rotatable bonds is 2. The summed E-state index contributed by atoms with van der Waals surface area (Å²) in [7, 11) is 0. The number of allylic oxidation sites excluding steroid dienone is 2. The zero-order valence-corrected chi connectivity index (χ0v) is 24.6. The van der Waals surface area contributed by atoms with Crippen LogP contribution in [0.15, 0.2) is 48.2 Å². The van der Waals surface area contributed by atoms with Crippen molar-refractivity contribution in [1.82, 2.24) is 4.98 Å². The number of nitrogens with zero attached hydrogens (tertiary/aromatic N) is 1. The molecule has 2 aromatic carbocycles. The number of carbonyl (C=O) groups is 1. The summed E-state index contributed by atoms with van der Waals surface area (Å²) >= 11 is 0. The number of benzene rings is 2. The number of hydrogen-bond donors (Lipinski definition) is 1. The van der Waals surface area contributed by atoms with Gasteiger partial charge in [0, 0.05) is 37.0 Å². The van der Waals surface area contributed by atoms with Crippen molar-refractivity contribution in [3.8, 4) is 11.3 Å². The van der Waals surface area contributed by atoms with Gasteiger partial charge in [-0.2, -0.15) is 0 Å². The van der Waals surface area contributed by atoms with Gasteiger partial charge in [0.2, 0.25) is 0 Å². The number of aromatic nitrogens is 1. The van der Waals surface area contributed by atoms with E-state index in [9.17, 15) is 9.90 Å². The van der Waals surface area contributed by atoms with E-state index in [1.165, 1.54) is 33.7 Å². The predicted octanol–water partition coefficient (Wildman–Crippen LogP) is 8.02. The molecule has 1 aromatic heterocycles. The minimum Gasteiger partial charge on any atom is -0.512 e. The van der Waals surface area contributed by atoms with E-state index >= 15 is 0 Å². The number of ketones is 1. The fourth-order valence-corrected chi connectivity index (χ4v) is 3.20. The minimum absolute atomic E-state index is 0. The Morgan fingerprint density at radius 1 is 0.882 bits per heavy atom. The van der Waals surface area contributed by atoms with E-state index in [1.54, 1.807) is 0 Å². The van der Waals surface area contributed by atoms with Crippen LogP contribution >= 0.6 is 0 Å². The molecule has 0 aliphatic carbocycles. The van der Waals surface area contributed by atoms with Crippen LogP contribution < -0.4 is 0 Å². The molecule has 0 atom stereocenters. The van der Waals surface area contributed by atoms with Crippen LogP contribution in [0.5, 0.6) is 0 Å². The maximum Gasteiger partial charge on any atom is 0.164 e. The number of aliphatic hydroxyl groups excluding tert-OH is 1. The van der Waals surface area contributed by atoms with E-state index in [4.69, 9.17) is 4.98 Å². The van der Waals surface area contributed by atoms with E-state index in [0.29, 0.717) is 0 Å². The topological polar surface area (TPSA) is 50.2 Å². The zero-order valence-electron chi connectivity index (χ0n) is 22.2. The van der Waals surface area contributed by atoms with Crippen LogP contribution in [0.2, 0.25) is 0 Å². The molecule has 34 heavy (non-hydrogen) atoms. The Morgan fingerprint density at radius 3 is 2.03 bits per heavy atom. The van der Waals surface area contributed by atoms with Gasteiger partial charge in [-0.1, -0.05) is 79.2 Å². The predicted molar refractivity (Wildman–Crippen MR) is 140 cm³/mol. The molecule has 4 heteroatoms. The first-order valence-electron chi connectivity index (χ1n) is 11.4. The Morgan fingerprint density at radius 2 is 1.50 bits per heavy atom. The van der Waals surface area contributed by atoms with Crippen molar-refractivity contribution in [1.29, 1.82) is 0 Å². The summed E-state index contributed by atoms with van der Waals surface area (Å²) in [6.07, 6.45) is 1.33. The standard InChI is InChI=1S/C19H18N.C11H20O2.Ir/c1-12-6-8-17(14(3)9-12)19-15(4)11-16-7-5-13(2)10-18(16)20-19;1-10(2,3)8(12)7-9(13)11(4,5)6;/h5-7,9-11H,1-4H3;7,12H,1-6H3;/q-1;;/b;8-7-;. The second kappa shape index (κ2) is 11.4. The second-order valence-electron chi connectivity index (χ2n) is 11.0. The van der Waals surface area contributed by atoms with Gasteiger partial charge in [-0.3, -0.25) is 9.78 Å². The molecule has 1 N–H and O–H groups in total. The first-order valence-corrected chi connectivity index (χ1v) is 11.4. The van der Waals surface area contributed by atoms with Crippen LogP contribution in [0.4, 0.5) is 0 Å². The molecule has 1 radical (unpaired) electrons. The third-order valence-electron chi connectivity index (χ3n) is 5.46. The van der Waals surface area contributed by atoms with Crippen molar-refractivity contribution in [3.63, 3.8) is 0 Å². The monoisotopic (exact) mass is 637 g/mol. The minimum atomic E-state index is -0.417. The first-order chi connectivity index (χ1) is 15.1. The zero-order chi connectivity index (χ0) is 25.1. The van der Waals surface area contributed by atoms with E-state index in [0.717, 1.165) is 16.8 Å². The average Bonchev–Trinajstić information content (AvgIpc) is 2.67. The number of aryl methyl sites for hydroxylation is 4. The van der Waals surface area contributed by atoms with E-state index < -0.39 is 5.41 Å². The van der Waals surface area contributed by atoms with Crippen molar-refractivity contribution < 1.29 is 30.0 Å². The number of pyridine rings is 1. The summed E-state index contributed by atoms with van der Waals surface area (Å²) in [4.78, 5) is 16.4. The van der Waals surface area contributed by atoms with Crippen LogP contribution in [0, 0.1) is 44.6 Å². The van der Waals surface area contributed by atoms with Crippen LogP contribution in [0.1, 0.15) is 63.8 Å². The smallest absolute Gasteiger partial charge is 0.164 e. The summed E-state index contributed by atoms with van der Waals surface area (Å²) in [6.45, 7) is 19.6. The number of hydrogen-bond acceptors (Lipinski definition) is 3. The molecule has 185 valence electrons. The van der Waals surface area contributed by atoms with Crippen molar-refractivity contribution in [2.24, 2.45) is 10.8 Å². The average molecular weight is 637 g/mol. The molecular formula is C30H38IrNO2-. The SMILES string of the molecule is CC(C)(C)C(=O)/C=C(\O)C(C)(C)C.Cc1c[c-]c(-c2nc3cc(C)ccc3cc2C)c(C)c1.[Ir]. The Kier molecular flexibility index (Phi) is 9.99. The van der Waals surface area contributed by atoms with Gasteiger partial charge in [0.25, 0.3) is 0 Å². The molecule has 0 aliphatic heterocycles. The molecule has 0 amide bonds. The summed E-state index contributed by atoms with van der Waals surface area (Å²) in [5.41, 5.74) is 7.35. The Balaban J connectivity index is 0.000000364. The van der Waals surface area contributed by atoms with Gasteiger partial charge in [-0.05, 0) is 36.6 Å². The molecule has 0 aliphatic rings. The normalized spacial score (nSPS) is 12.0. The second-order valence-corrected chi connectivity index (χ2v) is 11.0. The summed E-state index contributed by atoms with van der Waals surface area (Å²) < 4.78 is 0. The van der Waals surface area contributed by atoms with Crippen LogP contribution in [0.25, 0.3) is 22.2 Å². The summed E-state index contributed by atoms with van der Waals surface area (Å²) in [5.74, 6) is 0.104. The van der Waals surface area contributed by atoms with Crippen LogP contribution in [0.3, 0.4) is 0 Å². The Bertz CT molecular complexity index is 1190. The molecular weight excluding hydrogens is 599 g/mol. The van der Waals surface area contributed by atoms with Gasteiger partial charge in [0.15, 0.2) is 5.78 Å². The van der Waals surface area contributed by atoms with Gasteiger partial charge in [0.05, 0.1) is 5.52 Å². The molecule has 3 nitrogen and oxygen atoms in total. The quantitative estimate of drug-likeness (QED) is 0.176. The maximum absolute atomic E-state index is 11.5. The Hall–Kier alpha value is -2.29. The molecule has 3 rings (SSSR count). The number of aliphatic hydroxyl groups is 1. The molecule has 3 aromatic rings. The molecule has 1 heterocycles. The number of carbonyl (C=O) groups excluding carboxylic acids is 1. The van der Waals surface area contributed by atoms with Crippen molar-refractivity contribution in [3.05, 3.63) is 76.6 Å². The van der Waals surface area contributed by atoms with Gasteiger partial charge in [-0.15, -0.1) is 34.9 Å². The molecule has 0 spiro atoms. The van der Waals surface area contributed by atoms with Crippen LogP contribution in [-0.4, -0.2) is 15.9 Å². The van der Waals surface area contributed by atoms with Crippen molar-refractivity contribution >= 4 is 16.7 Å². The summed E-state index contributed by atoms with van der Waals surface area (Å²) in [6, 6.07) is 16.2. The third-order valence-corrected chi connectivity index (χ3v) is 5.46. The third kappa shape index (κ3) is 7.89. The fourth-order valence-electron chi connectivity index (χ4n) is 3.20. The van der Waals surface area contributed by atoms with Crippen molar-refractivity contribution in [2.45, 2.75) is 69.2 Å². The van der Waals surface area contributed by atoms with Crippen LogP contribution in [-0.2, 0) is 24.9 Å². The van der Waals surface area contributed by atoms with Gasteiger partial charge in [0.1, 0.15) is 5.76 Å². The molecule has 0 fully saturated rings. The Labute approximate surface area is 219 Å². The summed E-state index contributed by atoms with van der Waals surface area (Å²) in [5, 5.41) is 10.8. The van der Waals surface area contributed by atoms with E-state index in [2.05, 4.69) is 64.1 Å². The largest absolute Gasteiger partial charge is 0.512 e. The van der Waals surface area contributed by atoms with Gasteiger partial charge >= 0.3 is 0 Å². The van der Waals surface area contributed by atoms with E-state index in [1.807, 2.05) is 47.6 Å². The van der Waals surface area contributed by atoms with Gasteiger partial charge < -0.3 is 5.11 Å². The van der Waals surface area contributed by atoms with E-state index in [-0.39, 0.29) is 37.1 Å². The fraction of sp³-hybridized carbons (Fsp3) is 0.400. The number of fused-ring (bicyclic) bond motifs is 1. The van der Waals surface area contributed by atoms with Crippen molar-refractivity contribution in [2.75, 3.05) is 0 Å². The first kappa shape index (κ1) is 29.7.